The van der Waals surface area contributed by atoms with Gasteiger partial charge >= 0.3 is 18.1 Å². The topological polar surface area (TPSA) is 88.1 Å². The van der Waals surface area contributed by atoms with Crippen LogP contribution in [0.2, 0.25) is 0 Å². The first-order valence-corrected chi connectivity index (χ1v) is 5.72. The Morgan fingerprint density at radius 3 is 2.00 bits per heavy atom. The van der Waals surface area contributed by atoms with Gasteiger partial charge < -0.3 is 18.9 Å². The molecule has 0 fully saturated rings. The number of carbonyl (C=O) groups is 3. The van der Waals surface area contributed by atoms with Gasteiger partial charge in [0.05, 0.1) is 12.5 Å². The Bertz CT molecular complexity index is 329. The number of hydrogen-bond acceptors (Lipinski definition) is 7. The zero-order valence-electron chi connectivity index (χ0n) is 11.8. The summed E-state index contributed by atoms with van der Waals surface area (Å²) in [5.41, 5.74) is -0.709. The van der Waals surface area contributed by atoms with Gasteiger partial charge in [-0.15, -0.1) is 0 Å². The Kier molecular flexibility index (Phi) is 6.89. The molecule has 19 heavy (non-hydrogen) atoms. The monoisotopic (exact) mass is 276 g/mol. The highest BCUT2D eigenvalue weighted by Crippen LogP contribution is 2.16. The van der Waals surface area contributed by atoms with Crippen molar-refractivity contribution in [2.24, 2.45) is 5.41 Å². The summed E-state index contributed by atoms with van der Waals surface area (Å²) in [4.78, 5) is 33.3. The third-order valence-corrected chi connectivity index (χ3v) is 1.91. The summed E-state index contributed by atoms with van der Waals surface area (Å²) in [5, 5.41) is 0. The van der Waals surface area contributed by atoms with E-state index in [1.807, 2.05) is 0 Å². The second-order valence-corrected chi connectivity index (χ2v) is 4.85. The van der Waals surface area contributed by atoms with Crippen LogP contribution in [0.3, 0.4) is 0 Å². The van der Waals surface area contributed by atoms with E-state index in [0.29, 0.717) is 0 Å². The maximum absolute atomic E-state index is 11.7. The number of rotatable bonds is 5. The van der Waals surface area contributed by atoms with E-state index >= 15 is 0 Å². The molecule has 0 aliphatic heterocycles. The van der Waals surface area contributed by atoms with Crippen molar-refractivity contribution in [3.63, 3.8) is 0 Å². The summed E-state index contributed by atoms with van der Waals surface area (Å²) in [6.07, 6.45) is -1.77. The van der Waals surface area contributed by atoms with Crippen molar-refractivity contribution < 1.29 is 33.3 Å². The first-order valence-electron chi connectivity index (χ1n) is 5.72. The highest BCUT2D eigenvalue weighted by atomic mass is 16.7. The predicted octanol–water partition coefficient (Wildman–Crippen LogP) is 1.29. The van der Waals surface area contributed by atoms with Crippen LogP contribution < -0.4 is 0 Å². The van der Waals surface area contributed by atoms with E-state index in [1.165, 1.54) is 6.92 Å². The normalized spacial score (nSPS) is 12.3. The molecule has 1 unspecified atom stereocenters. The lowest BCUT2D eigenvalue weighted by molar-refractivity contribution is -0.168. The van der Waals surface area contributed by atoms with E-state index in [9.17, 15) is 14.4 Å². The minimum absolute atomic E-state index is 0.186. The second-order valence-electron chi connectivity index (χ2n) is 4.85. The maximum atomic E-state index is 11.7. The SMILES string of the molecule is COC(=O)OCC(COC(C)=O)OC(=O)C(C)(C)C. The fraction of sp³-hybridized carbons (Fsp3) is 0.750. The van der Waals surface area contributed by atoms with Gasteiger partial charge in [0.2, 0.25) is 0 Å². The third-order valence-electron chi connectivity index (χ3n) is 1.91. The van der Waals surface area contributed by atoms with E-state index in [-0.39, 0.29) is 13.2 Å². The van der Waals surface area contributed by atoms with Gasteiger partial charge in [0.25, 0.3) is 0 Å². The van der Waals surface area contributed by atoms with Gasteiger partial charge in [0, 0.05) is 6.92 Å². The van der Waals surface area contributed by atoms with Gasteiger partial charge in [-0.2, -0.15) is 0 Å². The van der Waals surface area contributed by atoms with Gasteiger partial charge in [-0.25, -0.2) is 4.79 Å². The van der Waals surface area contributed by atoms with Gasteiger partial charge in [0.15, 0.2) is 6.10 Å². The Morgan fingerprint density at radius 1 is 1.05 bits per heavy atom. The molecule has 1 atom stereocenters. The van der Waals surface area contributed by atoms with Gasteiger partial charge in [-0.1, -0.05) is 0 Å². The molecule has 0 aromatic carbocycles. The molecule has 0 aliphatic carbocycles. The van der Waals surface area contributed by atoms with Crippen LogP contribution in [0.25, 0.3) is 0 Å². The number of esters is 2. The van der Waals surface area contributed by atoms with Crippen molar-refractivity contribution in [2.45, 2.75) is 33.8 Å². The molecular weight excluding hydrogens is 256 g/mol. The van der Waals surface area contributed by atoms with Crippen molar-refractivity contribution in [1.82, 2.24) is 0 Å². The van der Waals surface area contributed by atoms with E-state index < -0.39 is 29.6 Å². The van der Waals surface area contributed by atoms with E-state index in [2.05, 4.69) is 9.47 Å². The van der Waals surface area contributed by atoms with Crippen LogP contribution >= 0.6 is 0 Å². The third kappa shape index (κ3) is 8.01. The lowest BCUT2D eigenvalue weighted by Crippen LogP contribution is -2.34. The van der Waals surface area contributed by atoms with Crippen LogP contribution in [-0.2, 0) is 28.5 Å². The molecule has 0 N–H and O–H groups in total. The number of carbonyl (C=O) groups excluding carboxylic acids is 3. The first kappa shape index (κ1) is 17.2. The van der Waals surface area contributed by atoms with Gasteiger partial charge in [0.1, 0.15) is 13.2 Å². The zero-order valence-corrected chi connectivity index (χ0v) is 11.8. The molecule has 0 rings (SSSR count). The van der Waals surface area contributed by atoms with Crippen molar-refractivity contribution in [3.8, 4) is 0 Å². The van der Waals surface area contributed by atoms with Crippen molar-refractivity contribution in [1.29, 1.82) is 0 Å². The van der Waals surface area contributed by atoms with Crippen LogP contribution in [0.1, 0.15) is 27.7 Å². The summed E-state index contributed by atoms with van der Waals surface area (Å²) < 4.78 is 18.8. The highest BCUT2D eigenvalue weighted by Gasteiger charge is 2.27. The second kappa shape index (κ2) is 7.60. The molecule has 0 aromatic rings. The minimum atomic E-state index is -0.903. The maximum Gasteiger partial charge on any atom is 0.508 e. The van der Waals surface area contributed by atoms with Crippen LogP contribution in [0.5, 0.6) is 0 Å². The number of hydrogen-bond donors (Lipinski definition) is 0. The largest absolute Gasteiger partial charge is 0.508 e. The molecule has 0 aliphatic rings. The smallest absolute Gasteiger partial charge is 0.462 e. The first-order chi connectivity index (χ1) is 8.66. The van der Waals surface area contributed by atoms with E-state index in [0.717, 1.165) is 7.11 Å². The van der Waals surface area contributed by atoms with Gasteiger partial charge in [-0.3, -0.25) is 9.59 Å². The molecule has 7 heteroatoms. The standard InChI is InChI=1S/C12H20O7/c1-8(13)17-6-9(7-18-11(15)16-5)19-10(14)12(2,3)4/h9H,6-7H2,1-5H3. The summed E-state index contributed by atoms with van der Waals surface area (Å²) in [5.74, 6) is -1.01. The molecule has 0 aromatic heterocycles. The van der Waals surface area contributed by atoms with E-state index in [1.54, 1.807) is 20.8 Å². The molecule has 0 saturated carbocycles. The fourth-order valence-corrected chi connectivity index (χ4v) is 0.875. The van der Waals surface area contributed by atoms with E-state index in [4.69, 9.17) is 9.47 Å². The Morgan fingerprint density at radius 2 is 1.58 bits per heavy atom. The number of ether oxygens (including phenoxy) is 4. The quantitative estimate of drug-likeness (QED) is 0.552. The van der Waals surface area contributed by atoms with Crippen LogP contribution in [0.4, 0.5) is 4.79 Å². The Labute approximate surface area is 112 Å². The molecule has 0 spiro atoms. The molecule has 110 valence electrons. The van der Waals surface area contributed by atoms with Crippen LogP contribution in [0, 0.1) is 5.41 Å². The predicted molar refractivity (Wildman–Crippen MR) is 64.3 cm³/mol. The van der Waals surface area contributed by atoms with Gasteiger partial charge in [-0.05, 0) is 20.8 Å². The lowest BCUT2D eigenvalue weighted by Gasteiger charge is -2.22. The summed E-state index contributed by atoms with van der Waals surface area (Å²) in [6, 6.07) is 0. The average Bonchev–Trinajstić information content (AvgIpc) is 2.30. The van der Waals surface area contributed by atoms with Crippen molar-refractivity contribution >= 4 is 18.1 Å². The molecule has 0 amide bonds. The molecule has 0 saturated heterocycles. The van der Waals surface area contributed by atoms with Crippen LogP contribution in [-0.4, -0.2) is 44.5 Å². The highest BCUT2D eigenvalue weighted by molar-refractivity contribution is 5.75. The molecule has 0 radical (unpaired) electrons. The van der Waals surface area contributed by atoms with Crippen LogP contribution in [0.15, 0.2) is 0 Å². The fourth-order valence-electron chi connectivity index (χ4n) is 0.875. The minimum Gasteiger partial charge on any atom is -0.462 e. The van der Waals surface area contributed by atoms with Crippen molar-refractivity contribution in [3.05, 3.63) is 0 Å². The average molecular weight is 276 g/mol. The summed E-state index contributed by atoms with van der Waals surface area (Å²) in [6.45, 7) is 5.83. The molecular formula is C12H20O7. The number of methoxy groups -OCH3 is 1. The summed E-state index contributed by atoms with van der Waals surface area (Å²) >= 11 is 0. The zero-order chi connectivity index (χ0) is 15.1. The summed E-state index contributed by atoms with van der Waals surface area (Å²) in [7, 11) is 1.16. The Balaban J connectivity index is 4.44. The molecule has 0 bridgehead atoms. The lowest BCUT2D eigenvalue weighted by atomic mass is 9.97. The molecule has 7 nitrogen and oxygen atoms in total. The van der Waals surface area contributed by atoms with Crippen molar-refractivity contribution in [2.75, 3.05) is 20.3 Å². The Hall–Kier alpha value is -1.79. The molecule has 0 heterocycles.